The number of carbonyl (C=O) groups is 1. The maximum atomic E-state index is 11.8. The number of hydrogen-bond acceptors (Lipinski definition) is 5. The highest BCUT2D eigenvalue weighted by Crippen LogP contribution is 2.28. The zero-order valence-corrected chi connectivity index (χ0v) is 17.4. The summed E-state index contributed by atoms with van der Waals surface area (Å²) in [6.45, 7) is 8.24. The molecule has 1 aromatic rings. The number of nitrogens with one attached hydrogen (secondary N) is 1. The number of amides is 1. The van der Waals surface area contributed by atoms with E-state index in [0.717, 1.165) is 29.4 Å². The summed E-state index contributed by atoms with van der Waals surface area (Å²) in [5.41, 5.74) is 1.08. The fourth-order valence-corrected chi connectivity index (χ4v) is 2.98. The van der Waals surface area contributed by atoms with Crippen molar-refractivity contribution in [1.29, 1.82) is 0 Å². The minimum atomic E-state index is -0.248. The van der Waals surface area contributed by atoms with Crippen LogP contribution in [0.4, 0.5) is 4.79 Å². The number of guanidine groups is 1. The maximum absolute atomic E-state index is 11.8. The third-order valence-corrected chi connectivity index (χ3v) is 4.46. The second-order valence-electron chi connectivity index (χ2n) is 6.41. The summed E-state index contributed by atoms with van der Waals surface area (Å²) < 4.78 is 16.2. The number of methoxy groups -OCH3 is 1. The smallest absolute Gasteiger partial charge is 0.409 e. The van der Waals surface area contributed by atoms with Gasteiger partial charge in [-0.2, -0.15) is 0 Å². The van der Waals surface area contributed by atoms with Gasteiger partial charge in [-0.1, -0.05) is 13.0 Å². The first-order chi connectivity index (χ1) is 13.6. The molecule has 156 valence electrons. The molecular formula is C20H32N4O4. The largest absolute Gasteiger partial charge is 0.493 e. The van der Waals surface area contributed by atoms with E-state index >= 15 is 0 Å². The molecule has 1 amide bonds. The van der Waals surface area contributed by atoms with E-state index in [-0.39, 0.29) is 6.09 Å². The third kappa shape index (κ3) is 5.94. The average molecular weight is 393 g/mol. The van der Waals surface area contributed by atoms with Crippen molar-refractivity contribution in [2.75, 3.05) is 53.6 Å². The van der Waals surface area contributed by atoms with Gasteiger partial charge in [-0.3, -0.25) is 4.99 Å². The van der Waals surface area contributed by atoms with Gasteiger partial charge in [-0.05, 0) is 31.0 Å². The molecule has 0 atom stereocenters. The fourth-order valence-electron chi connectivity index (χ4n) is 2.98. The molecule has 8 nitrogen and oxygen atoms in total. The Morgan fingerprint density at radius 2 is 1.86 bits per heavy atom. The predicted molar refractivity (Wildman–Crippen MR) is 109 cm³/mol. The quantitative estimate of drug-likeness (QED) is 0.567. The lowest BCUT2D eigenvalue weighted by Crippen LogP contribution is -2.53. The van der Waals surface area contributed by atoms with Gasteiger partial charge in [0, 0.05) is 39.8 Å². The summed E-state index contributed by atoms with van der Waals surface area (Å²) in [6, 6.07) is 5.93. The molecule has 1 aliphatic heterocycles. The van der Waals surface area contributed by atoms with E-state index in [1.807, 2.05) is 25.1 Å². The number of nitrogens with zero attached hydrogens (tertiary/aromatic N) is 3. The van der Waals surface area contributed by atoms with Gasteiger partial charge in [0.05, 0.1) is 20.3 Å². The Hall–Kier alpha value is -2.64. The lowest BCUT2D eigenvalue weighted by molar-refractivity contribution is 0.0914. The second-order valence-corrected chi connectivity index (χ2v) is 6.41. The molecule has 0 spiro atoms. The molecule has 0 unspecified atom stereocenters. The average Bonchev–Trinajstić information content (AvgIpc) is 2.73. The molecule has 2 rings (SSSR count). The normalized spacial score (nSPS) is 14.6. The van der Waals surface area contributed by atoms with Crippen LogP contribution in [0, 0.1) is 0 Å². The van der Waals surface area contributed by atoms with E-state index in [0.29, 0.717) is 45.9 Å². The molecule has 0 radical (unpaired) electrons. The van der Waals surface area contributed by atoms with Crippen molar-refractivity contribution in [3.05, 3.63) is 23.8 Å². The van der Waals surface area contributed by atoms with Crippen molar-refractivity contribution in [2.24, 2.45) is 4.99 Å². The van der Waals surface area contributed by atoms with Gasteiger partial charge in [0.25, 0.3) is 0 Å². The van der Waals surface area contributed by atoms with Crippen molar-refractivity contribution in [3.8, 4) is 11.5 Å². The Kier molecular flexibility index (Phi) is 8.71. The van der Waals surface area contributed by atoms with Crippen molar-refractivity contribution >= 4 is 12.1 Å². The van der Waals surface area contributed by atoms with Gasteiger partial charge in [0.15, 0.2) is 17.5 Å². The van der Waals surface area contributed by atoms with E-state index < -0.39 is 0 Å². The second kappa shape index (κ2) is 11.3. The van der Waals surface area contributed by atoms with Crippen LogP contribution < -0.4 is 14.8 Å². The predicted octanol–water partition coefficient (Wildman–Crippen LogP) is 2.33. The van der Waals surface area contributed by atoms with Gasteiger partial charge in [-0.15, -0.1) is 0 Å². The lowest BCUT2D eigenvalue weighted by Gasteiger charge is -2.35. The highest BCUT2D eigenvalue weighted by atomic mass is 16.6. The molecule has 1 aromatic carbocycles. The number of benzene rings is 1. The van der Waals surface area contributed by atoms with Crippen LogP contribution in [0.15, 0.2) is 23.2 Å². The van der Waals surface area contributed by atoms with Gasteiger partial charge in [0.1, 0.15) is 0 Å². The third-order valence-electron chi connectivity index (χ3n) is 4.46. The van der Waals surface area contributed by atoms with Crippen LogP contribution in [0.5, 0.6) is 11.5 Å². The topological polar surface area (TPSA) is 75.6 Å². The van der Waals surface area contributed by atoms with Gasteiger partial charge in [0.2, 0.25) is 0 Å². The number of carbonyl (C=O) groups excluding carboxylic acids is 1. The van der Waals surface area contributed by atoms with Crippen molar-refractivity contribution < 1.29 is 19.0 Å². The van der Waals surface area contributed by atoms with Crippen LogP contribution in [0.3, 0.4) is 0 Å². The molecule has 1 aliphatic rings. The highest BCUT2D eigenvalue weighted by Gasteiger charge is 2.23. The Bertz CT molecular complexity index is 658. The molecule has 1 heterocycles. The minimum absolute atomic E-state index is 0.248. The van der Waals surface area contributed by atoms with E-state index in [9.17, 15) is 4.79 Å². The Morgan fingerprint density at radius 1 is 1.14 bits per heavy atom. The molecule has 1 saturated heterocycles. The van der Waals surface area contributed by atoms with Gasteiger partial charge < -0.3 is 29.3 Å². The standard InChI is InChI=1S/C20H32N4O4/c1-5-13-28-17-8-7-16(14-18(17)26-4)15-22-19(21-3)23-9-11-24(12-10-23)20(25)27-6-2/h7-8,14H,5-6,9-13,15H2,1-4H3,(H,21,22). The fraction of sp³-hybridized carbons (Fsp3) is 0.600. The zero-order valence-electron chi connectivity index (χ0n) is 17.4. The van der Waals surface area contributed by atoms with Gasteiger partial charge >= 0.3 is 6.09 Å². The number of ether oxygens (including phenoxy) is 3. The maximum Gasteiger partial charge on any atom is 0.409 e. The Morgan fingerprint density at radius 3 is 2.46 bits per heavy atom. The lowest BCUT2D eigenvalue weighted by atomic mass is 10.2. The van der Waals surface area contributed by atoms with Crippen LogP contribution in [0.2, 0.25) is 0 Å². The molecule has 1 N–H and O–H groups in total. The SMILES string of the molecule is CCCOc1ccc(CNC(=NC)N2CCN(C(=O)OCC)CC2)cc1OC. The molecule has 1 fully saturated rings. The first-order valence-corrected chi connectivity index (χ1v) is 9.79. The summed E-state index contributed by atoms with van der Waals surface area (Å²) in [5.74, 6) is 2.30. The molecule has 8 heteroatoms. The first-order valence-electron chi connectivity index (χ1n) is 9.79. The number of hydrogen-bond donors (Lipinski definition) is 1. The molecule has 0 bridgehead atoms. The number of aliphatic imine (C=N–C) groups is 1. The van der Waals surface area contributed by atoms with Crippen LogP contribution in [0.1, 0.15) is 25.8 Å². The summed E-state index contributed by atoms with van der Waals surface area (Å²) in [6.07, 6.45) is 0.703. The summed E-state index contributed by atoms with van der Waals surface area (Å²) >= 11 is 0. The van der Waals surface area contributed by atoms with E-state index in [4.69, 9.17) is 14.2 Å². The van der Waals surface area contributed by atoms with E-state index in [1.54, 1.807) is 19.1 Å². The highest BCUT2D eigenvalue weighted by molar-refractivity contribution is 5.80. The molecule has 0 aromatic heterocycles. The minimum Gasteiger partial charge on any atom is -0.493 e. The molecule has 28 heavy (non-hydrogen) atoms. The van der Waals surface area contributed by atoms with Gasteiger partial charge in [-0.25, -0.2) is 4.79 Å². The van der Waals surface area contributed by atoms with Crippen LogP contribution in [-0.2, 0) is 11.3 Å². The van der Waals surface area contributed by atoms with E-state index in [2.05, 4.69) is 22.1 Å². The first kappa shape index (κ1) is 21.7. The van der Waals surface area contributed by atoms with Crippen molar-refractivity contribution in [3.63, 3.8) is 0 Å². The molecule has 0 saturated carbocycles. The van der Waals surface area contributed by atoms with Crippen LogP contribution in [0.25, 0.3) is 0 Å². The number of piperazine rings is 1. The van der Waals surface area contributed by atoms with Crippen molar-refractivity contribution in [1.82, 2.24) is 15.1 Å². The van der Waals surface area contributed by atoms with Crippen molar-refractivity contribution in [2.45, 2.75) is 26.8 Å². The van der Waals surface area contributed by atoms with E-state index in [1.165, 1.54) is 0 Å². The van der Waals surface area contributed by atoms with Crippen LogP contribution in [-0.4, -0.2) is 75.4 Å². The monoisotopic (exact) mass is 392 g/mol. The summed E-state index contributed by atoms with van der Waals surface area (Å²) in [7, 11) is 3.41. The molecular weight excluding hydrogens is 360 g/mol. The zero-order chi connectivity index (χ0) is 20.4. The summed E-state index contributed by atoms with van der Waals surface area (Å²) in [4.78, 5) is 20.1. The summed E-state index contributed by atoms with van der Waals surface area (Å²) in [5, 5.41) is 3.38. The molecule has 0 aliphatic carbocycles. The van der Waals surface area contributed by atoms with Crippen LogP contribution >= 0.6 is 0 Å². The number of rotatable bonds is 7. The Labute approximate surface area is 167 Å². The Balaban J connectivity index is 1.90.